The molecule has 1 saturated carbocycles. The fourth-order valence-corrected chi connectivity index (χ4v) is 3.96. The highest BCUT2D eigenvalue weighted by atomic mass is 35.5. The minimum atomic E-state index is 0.434. The highest BCUT2D eigenvalue weighted by Gasteiger charge is 2.39. The van der Waals surface area contributed by atoms with Crippen LogP contribution in [0.2, 0.25) is 10.0 Å². The van der Waals surface area contributed by atoms with E-state index in [1.807, 2.05) is 12.1 Å². The van der Waals surface area contributed by atoms with Gasteiger partial charge < -0.3 is 5.32 Å². The summed E-state index contributed by atoms with van der Waals surface area (Å²) in [7, 11) is 0. The smallest absolute Gasteiger partial charge is 0.0595 e. The Balaban J connectivity index is 2.14. The summed E-state index contributed by atoms with van der Waals surface area (Å²) in [6.07, 6.45) is 5.03. The van der Waals surface area contributed by atoms with Crippen LogP contribution >= 0.6 is 23.2 Å². The zero-order valence-electron chi connectivity index (χ0n) is 12.7. The van der Waals surface area contributed by atoms with Crippen molar-refractivity contribution >= 4 is 23.2 Å². The second kappa shape index (κ2) is 6.68. The van der Waals surface area contributed by atoms with Crippen molar-refractivity contribution in [1.82, 2.24) is 5.32 Å². The first-order valence-electron chi connectivity index (χ1n) is 7.61. The Labute approximate surface area is 133 Å². The summed E-state index contributed by atoms with van der Waals surface area (Å²) in [4.78, 5) is 0. The monoisotopic (exact) mass is 313 g/mol. The van der Waals surface area contributed by atoms with Gasteiger partial charge in [0.05, 0.1) is 10.0 Å². The van der Waals surface area contributed by atoms with Crippen LogP contribution < -0.4 is 5.32 Å². The third kappa shape index (κ3) is 3.69. The van der Waals surface area contributed by atoms with Crippen molar-refractivity contribution < 1.29 is 0 Å². The van der Waals surface area contributed by atoms with Gasteiger partial charge in [0.15, 0.2) is 0 Å². The molecule has 0 saturated heterocycles. The van der Waals surface area contributed by atoms with Gasteiger partial charge >= 0.3 is 0 Å². The first kappa shape index (κ1) is 16.1. The molecule has 0 heterocycles. The number of rotatable bonds is 5. The molecule has 1 N–H and O–H groups in total. The van der Waals surface area contributed by atoms with Gasteiger partial charge in [0, 0.05) is 6.04 Å². The van der Waals surface area contributed by atoms with E-state index in [0.717, 1.165) is 18.9 Å². The number of hydrogen-bond acceptors (Lipinski definition) is 1. The van der Waals surface area contributed by atoms with E-state index < -0.39 is 0 Å². The summed E-state index contributed by atoms with van der Waals surface area (Å²) < 4.78 is 0. The molecule has 1 nitrogen and oxygen atoms in total. The van der Waals surface area contributed by atoms with E-state index in [0.29, 0.717) is 21.5 Å². The molecule has 0 amide bonds. The molecular weight excluding hydrogens is 289 g/mol. The third-order valence-corrected chi connectivity index (χ3v) is 5.47. The Kier molecular flexibility index (Phi) is 5.39. The van der Waals surface area contributed by atoms with Crippen molar-refractivity contribution in [3.63, 3.8) is 0 Å². The average molecular weight is 314 g/mol. The SMILES string of the molecule is CCNC(Cc1ccc(Cl)c(Cl)c1)C1CCCC1(C)C. The first-order chi connectivity index (χ1) is 9.44. The van der Waals surface area contributed by atoms with Gasteiger partial charge in [0.25, 0.3) is 0 Å². The van der Waals surface area contributed by atoms with E-state index in [9.17, 15) is 0 Å². The number of nitrogens with one attached hydrogen (secondary N) is 1. The van der Waals surface area contributed by atoms with E-state index >= 15 is 0 Å². The number of likely N-dealkylation sites (N-methyl/N-ethyl adjacent to an activating group) is 1. The molecule has 0 bridgehead atoms. The van der Waals surface area contributed by atoms with Crippen molar-refractivity contribution in [2.75, 3.05) is 6.54 Å². The van der Waals surface area contributed by atoms with Crippen LogP contribution in [0.3, 0.4) is 0 Å². The second-order valence-electron chi connectivity index (χ2n) is 6.60. The third-order valence-electron chi connectivity index (χ3n) is 4.73. The van der Waals surface area contributed by atoms with Crippen LogP contribution in [0.4, 0.5) is 0 Å². The topological polar surface area (TPSA) is 12.0 Å². The maximum Gasteiger partial charge on any atom is 0.0595 e. The average Bonchev–Trinajstić information content (AvgIpc) is 2.73. The maximum absolute atomic E-state index is 6.14. The predicted octanol–water partition coefficient (Wildman–Crippen LogP) is 5.34. The molecule has 112 valence electrons. The molecule has 1 aromatic carbocycles. The number of hydrogen-bond donors (Lipinski definition) is 1. The zero-order chi connectivity index (χ0) is 14.8. The minimum Gasteiger partial charge on any atom is -0.314 e. The lowest BCUT2D eigenvalue weighted by atomic mass is 9.76. The van der Waals surface area contributed by atoms with Gasteiger partial charge in [-0.2, -0.15) is 0 Å². The summed E-state index contributed by atoms with van der Waals surface area (Å²) in [5.41, 5.74) is 1.70. The molecule has 2 unspecified atom stereocenters. The largest absolute Gasteiger partial charge is 0.314 e. The van der Waals surface area contributed by atoms with E-state index in [-0.39, 0.29) is 0 Å². The van der Waals surface area contributed by atoms with Crippen molar-refractivity contribution in [3.8, 4) is 0 Å². The summed E-state index contributed by atoms with van der Waals surface area (Å²) in [5, 5.41) is 4.98. The molecule has 2 rings (SSSR count). The lowest BCUT2D eigenvalue weighted by Crippen LogP contribution is -2.42. The minimum absolute atomic E-state index is 0.434. The van der Waals surface area contributed by atoms with Crippen LogP contribution in [0, 0.1) is 11.3 Å². The van der Waals surface area contributed by atoms with Crippen LogP contribution in [-0.4, -0.2) is 12.6 Å². The molecular formula is C17H25Cl2N. The van der Waals surface area contributed by atoms with Gasteiger partial charge in [0.2, 0.25) is 0 Å². The van der Waals surface area contributed by atoms with Gasteiger partial charge in [-0.3, -0.25) is 0 Å². The van der Waals surface area contributed by atoms with Crippen LogP contribution in [0.5, 0.6) is 0 Å². The molecule has 1 aliphatic rings. The van der Waals surface area contributed by atoms with Gasteiger partial charge in [-0.1, -0.05) is 56.5 Å². The summed E-state index contributed by atoms with van der Waals surface area (Å²) in [5.74, 6) is 0.733. The van der Waals surface area contributed by atoms with Crippen LogP contribution in [0.25, 0.3) is 0 Å². The first-order valence-corrected chi connectivity index (χ1v) is 8.37. The van der Waals surface area contributed by atoms with Crippen molar-refractivity contribution in [2.24, 2.45) is 11.3 Å². The predicted molar refractivity (Wildman–Crippen MR) is 88.8 cm³/mol. The summed E-state index contributed by atoms with van der Waals surface area (Å²) >= 11 is 12.1. The lowest BCUT2D eigenvalue weighted by Gasteiger charge is -2.35. The number of benzene rings is 1. The standard InChI is InChI=1S/C17H25Cl2N/c1-4-20-16(13-6-5-9-17(13,2)3)11-12-7-8-14(18)15(19)10-12/h7-8,10,13,16,20H,4-6,9,11H2,1-3H3. The van der Waals surface area contributed by atoms with Crippen molar-refractivity contribution in [2.45, 2.75) is 52.5 Å². The highest BCUT2D eigenvalue weighted by molar-refractivity contribution is 6.42. The Bertz CT molecular complexity index is 456. The molecule has 0 spiro atoms. The molecule has 1 fully saturated rings. The molecule has 0 radical (unpaired) electrons. The van der Waals surface area contributed by atoms with Crippen LogP contribution in [-0.2, 0) is 6.42 Å². The molecule has 20 heavy (non-hydrogen) atoms. The number of halogens is 2. The van der Waals surface area contributed by atoms with E-state index in [1.54, 1.807) is 0 Å². The summed E-state index contributed by atoms with van der Waals surface area (Å²) in [6.45, 7) is 8.01. The molecule has 1 aromatic rings. The van der Waals surface area contributed by atoms with Gasteiger partial charge in [-0.05, 0) is 54.8 Å². The van der Waals surface area contributed by atoms with Gasteiger partial charge in [-0.15, -0.1) is 0 Å². The second-order valence-corrected chi connectivity index (χ2v) is 7.42. The maximum atomic E-state index is 6.14. The fourth-order valence-electron chi connectivity index (χ4n) is 3.64. The highest BCUT2D eigenvalue weighted by Crippen LogP contribution is 2.45. The van der Waals surface area contributed by atoms with Gasteiger partial charge in [-0.25, -0.2) is 0 Å². The van der Waals surface area contributed by atoms with E-state index in [1.165, 1.54) is 24.8 Å². The zero-order valence-corrected chi connectivity index (χ0v) is 14.2. The molecule has 0 aliphatic heterocycles. The van der Waals surface area contributed by atoms with Crippen molar-refractivity contribution in [3.05, 3.63) is 33.8 Å². The Morgan fingerprint density at radius 1 is 1.30 bits per heavy atom. The lowest BCUT2D eigenvalue weighted by molar-refractivity contribution is 0.197. The molecule has 0 aromatic heterocycles. The van der Waals surface area contributed by atoms with Gasteiger partial charge in [0.1, 0.15) is 0 Å². The van der Waals surface area contributed by atoms with Crippen LogP contribution in [0.1, 0.15) is 45.6 Å². The normalized spacial score (nSPS) is 22.9. The molecule has 1 aliphatic carbocycles. The summed E-state index contributed by atoms with van der Waals surface area (Å²) in [6, 6.07) is 6.54. The molecule has 2 atom stereocenters. The quantitative estimate of drug-likeness (QED) is 0.773. The fraction of sp³-hybridized carbons (Fsp3) is 0.647. The van der Waals surface area contributed by atoms with Crippen LogP contribution in [0.15, 0.2) is 18.2 Å². The molecule has 3 heteroatoms. The Morgan fingerprint density at radius 3 is 2.60 bits per heavy atom. The van der Waals surface area contributed by atoms with E-state index in [4.69, 9.17) is 23.2 Å². The van der Waals surface area contributed by atoms with E-state index in [2.05, 4.69) is 32.2 Å². The Morgan fingerprint density at radius 2 is 2.05 bits per heavy atom. The Hall–Kier alpha value is -0.240. The van der Waals surface area contributed by atoms with Crippen molar-refractivity contribution in [1.29, 1.82) is 0 Å².